The van der Waals surface area contributed by atoms with Gasteiger partial charge in [0.05, 0.1) is 10.6 Å². The summed E-state index contributed by atoms with van der Waals surface area (Å²) in [6.45, 7) is 1.84. The van der Waals surface area contributed by atoms with Crippen LogP contribution in [0.2, 0.25) is 0 Å². The maximum absolute atomic E-state index is 13.0. The molecule has 1 unspecified atom stereocenters. The lowest BCUT2D eigenvalue weighted by atomic mass is 9.92. The average Bonchev–Trinajstić information content (AvgIpc) is 2.76. The van der Waals surface area contributed by atoms with E-state index in [4.69, 9.17) is 0 Å². The number of alkyl halides is 6. The summed E-state index contributed by atoms with van der Waals surface area (Å²) in [5.41, 5.74) is -5.48. The van der Waals surface area contributed by atoms with Crippen molar-refractivity contribution in [2.75, 3.05) is 17.6 Å². The summed E-state index contributed by atoms with van der Waals surface area (Å²) >= 11 is 0. The maximum Gasteiger partial charge on any atom is 0.430 e. The Morgan fingerprint density at radius 3 is 2.14 bits per heavy atom. The molecule has 35 heavy (non-hydrogen) atoms. The van der Waals surface area contributed by atoms with Gasteiger partial charge in [-0.05, 0) is 41.8 Å². The molecule has 0 fully saturated rings. The molecule has 1 heterocycles. The predicted molar refractivity (Wildman–Crippen MR) is 117 cm³/mol. The van der Waals surface area contributed by atoms with Crippen molar-refractivity contribution in [1.29, 1.82) is 0 Å². The molecule has 0 saturated carbocycles. The number of carbonyl (C=O) groups is 1. The lowest BCUT2D eigenvalue weighted by Gasteiger charge is -2.32. The summed E-state index contributed by atoms with van der Waals surface area (Å²) in [4.78, 5) is 12.9. The Kier molecular flexibility index (Phi) is 8.22. The first kappa shape index (κ1) is 28.9. The van der Waals surface area contributed by atoms with Gasteiger partial charge < -0.3 is 15.7 Å². The highest BCUT2D eigenvalue weighted by molar-refractivity contribution is 7.91. The normalized spacial score (nSPS) is 16.7. The first-order valence-electron chi connectivity index (χ1n) is 9.98. The number of rotatable bonds is 5. The highest BCUT2D eigenvalue weighted by Crippen LogP contribution is 2.50. The number of aliphatic hydroxyl groups is 1. The van der Waals surface area contributed by atoms with Crippen LogP contribution in [0, 0.1) is 0 Å². The second kappa shape index (κ2) is 9.96. The van der Waals surface area contributed by atoms with Crippen LogP contribution in [-0.4, -0.2) is 44.1 Å². The van der Waals surface area contributed by atoms with E-state index in [-0.39, 0.29) is 28.7 Å². The highest BCUT2D eigenvalue weighted by Gasteiger charge is 2.71. The van der Waals surface area contributed by atoms with Gasteiger partial charge in [0.1, 0.15) is 6.04 Å². The fourth-order valence-electron chi connectivity index (χ4n) is 3.63. The van der Waals surface area contributed by atoms with Crippen LogP contribution in [0.3, 0.4) is 0 Å². The molecule has 0 spiro atoms. The molecule has 3 N–H and O–H groups in total. The van der Waals surface area contributed by atoms with Crippen molar-refractivity contribution in [1.82, 2.24) is 5.32 Å². The van der Waals surface area contributed by atoms with Gasteiger partial charge in [-0.15, -0.1) is 12.4 Å². The van der Waals surface area contributed by atoms with Crippen molar-refractivity contribution < 1.29 is 44.7 Å². The third-order valence-corrected chi connectivity index (χ3v) is 7.29. The predicted octanol–water partition coefficient (Wildman–Crippen LogP) is 4.04. The van der Waals surface area contributed by atoms with Crippen molar-refractivity contribution in [3.05, 3.63) is 59.2 Å². The molecule has 0 radical (unpaired) electrons. The van der Waals surface area contributed by atoms with E-state index in [1.54, 1.807) is 0 Å². The minimum atomic E-state index is -6.02. The minimum Gasteiger partial charge on any atom is -0.369 e. The number of sulfone groups is 1. The van der Waals surface area contributed by atoms with E-state index in [0.29, 0.717) is 36.2 Å². The van der Waals surface area contributed by atoms with Crippen LogP contribution in [0.4, 0.5) is 32.0 Å². The fraction of sp³-hybridized carbons (Fsp3) is 0.381. The Morgan fingerprint density at radius 1 is 1.06 bits per heavy atom. The summed E-state index contributed by atoms with van der Waals surface area (Å²) < 4.78 is 102. The van der Waals surface area contributed by atoms with Crippen LogP contribution in [0.5, 0.6) is 0 Å². The first-order chi connectivity index (χ1) is 15.6. The van der Waals surface area contributed by atoms with Crippen molar-refractivity contribution in [2.45, 2.75) is 42.2 Å². The Balaban J connectivity index is 0.00000432. The Morgan fingerprint density at radius 2 is 1.63 bits per heavy atom. The molecule has 2 aromatic rings. The van der Waals surface area contributed by atoms with Crippen LogP contribution in [0.25, 0.3) is 0 Å². The van der Waals surface area contributed by atoms with E-state index in [2.05, 4.69) is 10.6 Å². The van der Waals surface area contributed by atoms with Crippen LogP contribution in [0.1, 0.15) is 29.7 Å². The average molecular weight is 547 g/mol. The molecule has 194 valence electrons. The number of halogens is 7. The molecule has 6 nitrogen and oxygen atoms in total. The molecule has 1 aliphatic heterocycles. The maximum atomic E-state index is 13.0. The molecule has 1 atom stereocenters. The van der Waals surface area contributed by atoms with Gasteiger partial charge in [-0.2, -0.15) is 26.3 Å². The van der Waals surface area contributed by atoms with Crippen molar-refractivity contribution in [3.8, 4) is 0 Å². The quantitative estimate of drug-likeness (QED) is 0.492. The summed E-state index contributed by atoms with van der Waals surface area (Å²) in [5.74, 6) is -0.747. The number of hydrogen-bond donors (Lipinski definition) is 3. The zero-order chi connectivity index (χ0) is 25.5. The second-order valence-electron chi connectivity index (χ2n) is 7.67. The van der Waals surface area contributed by atoms with E-state index in [9.17, 15) is 44.7 Å². The molecule has 14 heteroatoms. The van der Waals surface area contributed by atoms with E-state index < -0.39 is 45.3 Å². The largest absolute Gasteiger partial charge is 0.430 e. The summed E-state index contributed by atoms with van der Waals surface area (Å²) in [6, 6.07) is 5.91. The Labute approximate surface area is 203 Å². The highest BCUT2D eigenvalue weighted by atomic mass is 35.5. The van der Waals surface area contributed by atoms with E-state index in [1.807, 2.05) is 0 Å². The van der Waals surface area contributed by atoms with Crippen molar-refractivity contribution in [2.24, 2.45) is 0 Å². The number of hydrogen-bond acceptors (Lipinski definition) is 5. The van der Waals surface area contributed by atoms with Gasteiger partial charge in [0.15, 0.2) is 9.84 Å². The first-order valence-corrected chi connectivity index (χ1v) is 11.6. The van der Waals surface area contributed by atoms with Crippen molar-refractivity contribution in [3.63, 3.8) is 0 Å². The molecule has 0 saturated heterocycles. The molecule has 3 rings (SSSR count). The van der Waals surface area contributed by atoms with E-state index >= 15 is 0 Å². The van der Waals surface area contributed by atoms with E-state index in [1.165, 1.54) is 25.1 Å². The van der Waals surface area contributed by atoms with Gasteiger partial charge in [-0.3, -0.25) is 4.79 Å². The summed E-state index contributed by atoms with van der Waals surface area (Å²) in [5, 5.41) is 14.8. The van der Waals surface area contributed by atoms with Crippen LogP contribution < -0.4 is 10.6 Å². The van der Waals surface area contributed by atoms with Gasteiger partial charge in [0, 0.05) is 17.8 Å². The third-order valence-electron chi connectivity index (χ3n) is 5.56. The minimum absolute atomic E-state index is 0. The molecular weight excluding hydrogens is 526 g/mol. The molecular formula is C21H21ClF6N2O4S. The Bertz CT molecular complexity index is 1170. The van der Waals surface area contributed by atoms with Crippen LogP contribution in [-0.2, 0) is 26.7 Å². The van der Waals surface area contributed by atoms with Crippen LogP contribution >= 0.6 is 12.4 Å². The summed E-state index contributed by atoms with van der Waals surface area (Å²) in [6.07, 6.45) is -11.6. The number of nitrogens with one attached hydrogen (secondary N) is 2. The topological polar surface area (TPSA) is 95.5 Å². The van der Waals surface area contributed by atoms with Gasteiger partial charge in [-0.25, -0.2) is 8.42 Å². The zero-order valence-corrected chi connectivity index (χ0v) is 19.6. The van der Waals surface area contributed by atoms with Crippen molar-refractivity contribution >= 4 is 33.8 Å². The fourth-order valence-corrected chi connectivity index (χ4v) is 4.56. The van der Waals surface area contributed by atoms with Gasteiger partial charge in [-0.1, -0.05) is 25.1 Å². The zero-order valence-electron chi connectivity index (χ0n) is 18.0. The smallest absolute Gasteiger partial charge is 0.369 e. The monoisotopic (exact) mass is 546 g/mol. The molecule has 0 aromatic heterocycles. The van der Waals surface area contributed by atoms with E-state index in [0.717, 1.165) is 12.1 Å². The number of anilines is 1. The number of benzene rings is 2. The van der Waals surface area contributed by atoms with Gasteiger partial charge in [0.25, 0.3) is 5.60 Å². The molecule has 1 aliphatic rings. The lowest BCUT2D eigenvalue weighted by Crippen LogP contribution is -2.53. The second-order valence-corrected chi connectivity index (χ2v) is 9.95. The lowest BCUT2D eigenvalue weighted by molar-refractivity contribution is -0.376. The number of amides is 1. The molecule has 0 bridgehead atoms. The molecule has 2 aromatic carbocycles. The standard InChI is InChI=1S/C21H20F6N2O4S.ClH/c1-2-34(32,33)15-7-8-16-12(11-15)9-10-28-17(16)18(30)29-14-5-3-13(4-6-14)19(31,20(22,23)24)21(25,26)27;/h3-8,11,17,28,31H,2,9-10H2,1H3,(H,29,30);1H. The Hall–Kier alpha value is -2.35. The molecule has 1 amide bonds. The number of carbonyl (C=O) groups excluding carboxylic acids is 1. The molecule has 0 aliphatic carbocycles. The van der Waals surface area contributed by atoms with Gasteiger partial charge >= 0.3 is 12.4 Å². The van der Waals surface area contributed by atoms with Gasteiger partial charge in [0.2, 0.25) is 5.91 Å². The third kappa shape index (κ3) is 5.42. The SMILES string of the molecule is CCS(=O)(=O)c1ccc2c(c1)CCNC2C(=O)Nc1ccc(C(O)(C(F)(F)F)C(F)(F)F)cc1.Cl. The van der Waals surface area contributed by atoms with Crippen LogP contribution in [0.15, 0.2) is 47.4 Å². The summed E-state index contributed by atoms with van der Waals surface area (Å²) in [7, 11) is -3.46. The number of fused-ring (bicyclic) bond motifs is 1.